The smallest absolute Gasteiger partial charge is 0.227 e. The van der Waals surface area contributed by atoms with E-state index in [1.165, 1.54) is 5.56 Å². The average molecular weight is 1400 g/mol. The molecule has 0 aromatic heterocycles. The molecule has 3 fully saturated rings. The van der Waals surface area contributed by atoms with E-state index in [2.05, 4.69) is 61.3 Å². The number of nitrogens with one attached hydrogen (secondary N) is 1. The fraction of sp³-hybridized carbons (Fsp3) is 0.290. The van der Waals surface area contributed by atoms with Gasteiger partial charge < -0.3 is 39.1 Å². The van der Waals surface area contributed by atoms with E-state index in [1.54, 1.807) is 39.5 Å². The molecule has 0 aliphatic carbocycles. The van der Waals surface area contributed by atoms with Crippen LogP contribution >= 0.6 is 116 Å². The number of methoxy groups -OCH3 is 3. The number of piperazine rings is 3. The van der Waals surface area contributed by atoms with Gasteiger partial charge in [0.15, 0.2) is 0 Å². The van der Waals surface area contributed by atoms with Crippen molar-refractivity contribution in [2.45, 2.75) is 49.2 Å². The van der Waals surface area contributed by atoms with Crippen molar-refractivity contribution >= 4 is 139 Å². The first kappa shape index (κ1) is 68.7. The Kier molecular flexibility index (Phi) is 25.7. The third-order valence-electron chi connectivity index (χ3n) is 16.0. The first-order valence-electron chi connectivity index (χ1n) is 28.9. The number of halogens is 10. The Labute approximate surface area is 572 Å². The minimum absolute atomic E-state index is 0.00941. The zero-order valence-corrected chi connectivity index (χ0v) is 56.8. The number of ether oxygens (including phenoxy) is 3. The lowest BCUT2D eigenvalue weighted by Crippen LogP contribution is -2.58. The van der Waals surface area contributed by atoms with Crippen molar-refractivity contribution in [3.8, 4) is 0 Å². The molecule has 6 atom stereocenters. The summed E-state index contributed by atoms with van der Waals surface area (Å²) in [5.74, 6) is 0.00941. The van der Waals surface area contributed by atoms with Gasteiger partial charge in [-0.1, -0.05) is 177 Å². The molecule has 0 saturated carbocycles. The predicted molar refractivity (Wildman–Crippen MR) is 373 cm³/mol. The maximum atomic E-state index is 13.5. The highest BCUT2D eigenvalue weighted by Gasteiger charge is 2.39. The molecule has 3 aliphatic rings. The van der Waals surface area contributed by atoms with E-state index in [0.29, 0.717) is 73.1 Å². The summed E-state index contributed by atoms with van der Waals surface area (Å²) in [4.78, 5) is 24.9. The number of anilines is 3. The third-order valence-corrected chi connectivity index (χ3v) is 18.7. The summed E-state index contributed by atoms with van der Waals surface area (Å²) in [5, 5.41) is 10.0. The molecule has 3 saturated heterocycles. The van der Waals surface area contributed by atoms with Crippen LogP contribution in [0.25, 0.3) is 0 Å². The van der Waals surface area contributed by atoms with Crippen LogP contribution in [0, 0.1) is 0 Å². The molecule has 10 nitrogen and oxygen atoms in total. The molecule has 1 amide bonds. The molecule has 0 radical (unpaired) electrons. The molecule has 0 unspecified atom stereocenters. The fourth-order valence-electron chi connectivity index (χ4n) is 11.8. The van der Waals surface area contributed by atoms with Gasteiger partial charge in [0, 0.05) is 140 Å². The maximum Gasteiger partial charge on any atom is 0.227 e. The topological polar surface area (TPSA) is 73.0 Å². The number of carbonyl (C=O) groups excluding carboxylic acids is 1. The number of hydrogen-bond donors (Lipinski definition) is 1. The van der Waals surface area contributed by atoms with Crippen LogP contribution in [0.15, 0.2) is 182 Å². The highest BCUT2D eigenvalue weighted by Crippen LogP contribution is 2.41. The summed E-state index contributed by atoms with van der Waals surface area (Å²) < 4.78 is 16.4. The zero-order valence-electron chi connectivity index (χ0n) is 49.2. The lowest BCUT2D eigenvalue weighted by molar-refractivity contribution is -0.135. The Morgan fingerprint density at radius 3 is 1.30 bits per heavy atom. The maximum absolute atomic E-state index is 13.5. The van der Waals surface area contributed by atoms with Crippen molar-refractivity contribution in [1.29, 1.82) is 0 Å². The minimum Gasteiger partial charge on any atom is -0.383 e. The molecular weight excluding hydrogens is 1330 g/mol. The van der Waals surface area contributed by atoms with E-state index >= 15 is 0 Å². The molecule has 468 valence electrons. The second-order valence-corrected chi connectivity index (χ2v) is 26.3. The molecule has 8 aromatic rings. The lowest BCUT2D eigenvalue weighted by Gasteiger charge is -2.48. The van der Waals surface area contributed by atoms with Crippen LogP contribution in [-0.2, 0) is 32.0 Å². The van der Waals surface area contributed by atoms with Crippen LogP contribution in [0.1, 0.15) is 45.9 Å². The van der Waals surface area contributed by atoms with E-state index in [0.717, 1.165) is 82.1 Å². The van der Waals surface area contributed by atoms with Gasteiger partial charge in [-0.05, 0) is 149 Å². The van der Waals surface area contributed by atoms with Gasteiger partial charge in [-0.2, -0.15) is 0 Å². The Balaban J connectivity index is 0.000000161. The normalized spacial score (nSPS) is 19.5. The Hall–Kier alpha value is -4.67. The number of carbonyl (C=O) groups is 1. The Morgan fingerprint density at radius 1 is 0.416 bits per heavy atom. The molecule has 20 heteroatoms. The average Bonchev–Trinajstić information content (AvgIpc) is 1.05. The Bertz CT molecular complexity index is 3580. The van der Waals surface area contributed by atoms with Gasteiger partial charge in [0.25, 0.3) is 0 Å². The minimum atomic E-state index is -0.178. The first-order chi connectivity index (χ1) is 43.0. The van der Waals surface area contributed by atoms with Crippen LogP contribution in [-0.4, -0.2) is 114 Å². The monoisotopic (exact) mass is 1390 g/mol. The molecule has 8 aromatic carbocycles. The first-order valence-corrected chi connectivity index (χ1v) is 32.7. The third kappa shape index (κ3) is 18.6. The van der Waals surface area contributed by atoms with Crippen molar-refractivity contribution in [3.05, 3.63) is 260 Å². The van der Waals surface area contributed by atoms with Crippen molar-refractivity contribution < 1.29 is 19.0 Å². The van der Waals surface area contributed by atoms with E-state index in [4.69, 9.17) is 130 Å². The summed E-state index contributed by atoms with van der Waals surface area (Å²) in [5.41, 5.74) is 8.38. The summed E-state index contributed by atoms with van der Waals surface area (Å²) in [7, 11) is 5.13. The Morgan fingerprint density at radius 2 is 0.831 bits per heavy atom. The van der Waals surface area contributed by atoms with Crippen molar-refractivity contribution in [1.82, 2.24) is 15.1 Å². The van der Waals surface area contributed by atoms with Gasteiger partial charge in [0.05, 0.1) is 56.5 Å². The molecular formula is C69H68Cl10N6O4. The summed E-state index contributed by atoms with van der Waals surface area (Å²) in [6, 6.07) is 58.8. The van der Waals surface area contributed by atoms with E-state index in [-0.39, 0.29) is 48.6 Å². The van der Waals surface area contributed by atoms with Gasteiger partial charge in [0.1, 0.15) is 0 Å². The van der Waals surface area contributed by atoms with Crippen LogP contribution in [0.4, 0.5) is 17.1 Å². The molecule has 0 spiro atoms. The van der Waals surface area contributed by atoms with Gasteiger partial charge >= 0.3 is 0 Å². The van der Waals surface area contributed by atoms with Gasteiger partial charge in [0.2, 0.25) is 5.91 Å². The predicted octanol–water partition coefficient (Wildman–Crippen LogP) is 18.5. The number of nitrogens with zero attached hydrogens (tertiary/aromatic N) is 5. The van der Waals surface area contributed by atoms with Crippen LogP contribution in [0.3, 0.4) is 0 Å². The second kappa shape index (κ2) is 33.3. The lowest BCUT2D eigenvalue weighted by atomic mass is 9.97. The zero-order chi connectivity index (χ0) is 63.1. The molecule has 11 rings (SSSR count). The van der Waals surface area contributed by atoms with E-state index in [9.17, 15) is 4.79 Å². The standard InChI is InChI=1S/C26H24Cl4N2O2.C25H25Cl3N2O.C18H19Cl3N2O/c1-34-16-22-14-31(21-8-5-18(27)6-9-21)25(23-10-7-20(29)13-24(23)30)15-32(22)26(33)12-17-3-2-4-19(28)11-17;1-31-17-22-15-30(21-10-7-19(26)8-11-21)25(23-12-9-20(27)13-24(23)28)16-29(22)14-18-5-3-2-4-6-18;1-24-11-14-10-23(15-5-2-12(19)3-6-15)18(9-22-14)16-7-4-13(20)8-17(16)21/h2-11,13,22,25H,12,14-16H2,1H3;2-13,22,25H,14-17H2,1H3;2-8,14,18,22H,9-11H2,1H3/t2*22-,25-;14-,18-/m111/s1. The number of benzene rings is 8. The van der Waals surface area contributed by atoms with Crippen LogP contribution < -0.4 is 20.0 Å². The molecule has 3 aliphatic heterocycles. The van der Waals surface area contributed by atoms with Crippen LogP contribution in [0.2, 0.25) is 50.2 Å². The molecule has 1 N–H and O–H groups in total. The second-order valence-electron chi connectivity index (χ2n) is 22.0. The quantitative estimate of drug-likeness (QED) is 0.102. The van der Waals surface area contributed by atoms with Gasteiger partial charge in [-0.25, -0.2) is 0 Å². The van der Waals surface area contributed by atoms with Crippen molar-refractivity contribution in [2.24, 2.45) is 0 Å². The summed E-state index contributed by atoms with van der Waals surface area (Å²) in [6.07, 6.45) is 0.253. The summed E-state index contributed by atoms with van der Waals surface area (Å²) >= 11 is 62.6. The number of hydrogen-bond acceptors (Lipinski definition) is 9. The largest absolute Gasteiger partial charge is 0.383 e. The van der Waals surface area contributed by atoms with Crippen molar-refractivity contribution in [3.63, 3.8) is 0 Å². The highest BCUT2D eigenvalue weighted by atomic mass is 35.5. The van der Waals surface area contributed by atoms with Gasteiger partial charge in [-0.3, -0.25) is 9.69 Å². The van der Waals surface area contributed by atoms with Crippen molar-refractivity contribution in [2.75, 3.05) is 95.1 Å². The summed E-state index contributed by atoms with van der Waals surface area (Å²) in [6.45, 7) is 6.80. The molecule has 3 heterocycles. The molecule has 0 bridgehead atoms. The molecule has 89 heavy (non-hydrogen) atoms. The fourth-order valence-corrected chi connectivity index (χ4v) is 14.0. The van der Waals surface area contributed by atoms with Gasteiger partial charge in [-0.15, -0.1) is 0 Å². The van der Waals surface area contributed by atoms with Crippen LogP contribution in [0.5, 0.6) is 0 Å². The SMILES string of the molecule is COC[C@H]1CN(c2ccc(Cl)cc2)[C@@H](c2ccc(Cl)cc2Cl)CN1.COC[C@H]1CN(c2ccc(Cl)cc2)[C@@H](c2ccc(Cl)cc2Cl)CN1C(=O)Cc1cccc(Cl)c1.COC[C@H]1CN(c2ccc(Cl)cc2)[C@@H](c2ccc(Cl)cc2Cl)CN1Cc1ccccc1. The number of amides is 1. The number of rotatable bonds is 16. The van der Waals surface area contributed by atoms with E-state index < -0.39 is 0 Å². The highest BCUT2D eigenvalue weighted by molar-refractivity contribution is 6.36. The van der Waals surface area contributed by atoms with E-state index in [1.807, 2.05) is 132 Å².